The van der Waals surface area contributed by atoms with Gasteiger partial charge in [0.05, 0.1) is 6.54 Å². The Morgan fingerprint density at radius 1 is 1.15 bits per heavy atom. The number of aromatic nitrogens is 1. The van der Waals surface area contributed by atoms with Gasteiger partial charge in [-0.15, -0.1) is 0 Å². The van der Waals surface area contributed by atoms with Crippen LogP contribution >= 0.6 is 0 Å². The van der Waals surface area contributed by atoms with E-state index >= 15 is 0 Å². The topological polar surface area (TPSA) is 69.3 Å². The van der Waals surface area contributed by atoms with Crippen molar-refractivity contribution in [3.8, 4) is 5.75 Å². The molecule has 106 valence electrons. The Morgan fingerprint density at radius 3 is 2.30 bits per heavy atom. The molecule has 5 nitrogen and oxygen atoms in total. The second-order valence-electron chi connectivity index (χ2n) is 4.69. The van der Waals surface area contributed by atoms with Gasteiger partial charge in [-0.3, -0.25) is 9.47 Å². The Bertz CT molecular complexity index is 568. The van der Waals surface area contributed by atoms with Crippen molar-refractivity contribution >= 4 is 5.91 Å². The molecule has 0 saturated carbocycles. The molecule has 0 aliphatic heterocycles. The second-order valence-corrected chi connectivity index (χ2v) is 4.69. The average Bonchev–Trinajstić information content (AvgIpc) is 2.75. The minimum atomic E-state index is -0.477. The summed E-state index contributed by atoms with van der Waals surface area (Å²) in [5.74, 6) is 0.162. The highest BCUT2D eigenvalue weighted by molar-refractivity contribution is 5.75. The number of benzene rings is 1. The minimum absolute atomic E-state index is 0.0979. The lowest BCUT2D eigenvalue weighted by molar-refractivity contribution is -0.119. The number of aryl methyl sites for hydroxylation is 2. The quantitative estimate of drug-likeness (QED) is 0.842. The third-order valence-corrected chi connectivity index (χ3v) is 3.02. The van der Waals surface area contributed by atoms with Gasteiger partial charge in [0.2, 0.25) is 0 Å². The Morgan fingerprint density at radius 2 is 1.75 bits per heavy atom. The maximum atomic E-state index is 10.6. The van der Waals surface area contributed by atoms with Gasteiger partial charge >= 0.3 is 0 Å². The zero-order valence-corrected chi connectivity index (χ0v) is 11.7. The summed E-state index contributed by atoms with van der Waals surface area (Å²) in [5, 5.41) is 0. The van der Waals surface area contributed by atoms with Gasteiger partial charge in [-0.1, -0.05) is 12.1 Å². The van der Waals surface area contributed by atoms with E-state index in [1.54, 1.807) is 0 Å². The van der Waals surface area contributed by atoms with Crippen LogP contribution in [0.1, 0.15) is 17.0 Å². The number of hydrogen-bond donors (Lipinski definition) is 2. The van der Waals surface area contributed by atoms with Crippen LogP contribution in [0.2, 0.25) is 0 Å². The Balaban J connectivity index is 1.92. The third kappa shape index (κ3) is 3.54. The predicted molar refractivity (Wildman–Crippen MR) is 78.1 cm³/mol. The summed E-state index contributed by atoms with van der Waals surface area (Å²) in [5.41, 5.74) is 11.8. The van der Waals surface area contributed by atoms with Crippen LogP contribution in [0.15, 0.2) is 36.4 Å². The van der Waals surface area contributed by atoms with E-state index < -0.39 is 5.91 Å². The second kappa shape index (κ2) is 6.14. The van der Waals surface area contributed by atoms with Gasteiger partial charge in [-0.2, -0.15) is 0 Å². The summed E-state index contributed by atoms with van der Waals surface area (Å²) in [7, 11) is 0. The summed E-state index contributed by atoms with van der Waals surface area (Å²) in [6.45, 7) is 4.73. The fraction of sp³-hybridized carbons (Fsp3) is 0.267. The maximum Gasteiger partial charge on any atom is 0.255 e. The molecule has 2 rings (SSSR count). The smallest absolute Gasteiger partial charge is 0.255 e. The molecule has 0 radical (unpaired) electrons. The Labute approximate surface area is 118 Å². The standard InChI is InChI=1S/C15H19N3O2/c1-11-3-4-12(2)18(11)17-9-13-5-7-14(8-6-13)20-10-15(16)19/h3-8,17H,9-10H2,1-2H3,(H2,16,19). The first-order valence-electron chi connectivity index (χ1n) is 6.45. The highest BCUT2D eigenvalue weighted by Gasteiger charge is 2.01. The van der Waals surface area contributed by atoms with Gasteiger partial charge in [0.15, 0.2) is 6.61 Å². The summed E-state index contributed by atoms with van der Waals surface area (Å²) in [6.07, 6.45) is 0. The molecule has 0 aliphatic carbocycles. The molecule has 1 aromatic carbocycles. The lowest BCUT2D eigenvalue weighted by atomic mass is 10.2. The number of amides is 1. The zero-order valence-electron chi connectivity index (χ0n) is 11.7. The summed E-state index contributed by atoms with van der Waals surface area (Å²) >= 11 is 0. The Hall–Kier alpha value is -2.43. The first kappa shape index (κ1) is 14.0. The van der Waals surface area contributed by atoms with E-state index in [-0.39, 0.29) is 6.61 Å². The fourth-order valence-corrected chi connectivity index (χ4v) is 1.95. The van der Waals surface area contributed by atoms with Gasteiger partial charge in [-0.25, -0.2) is 0 Å². The molecule has 0 bridgehead atoms. The van der Waals surface area contributed by atoms with Crippen molar-refractivity contribution < 1.29 is 9.53 Å². The normalized spacial score (nSPS) is 10.3. The molecule has 5 heteroatoms. The molecule has 2 aromatic rings. The molecular formula is C15H19N3O2. The van der Waals surface area contributed by atoms with E-state index in [1.807, 2.05) is 24.3 Å². The summed E-state index contributed by atoms with van der Waals surface area (Å²) < 4.78 is 7.26. The van der Waals surface area contributed by atoms with Crippen LogP contribution in [0.3, 0.4) is 0 Å². The van der Waals surface area contributed by atoms with Crippen molar-refractivity contribution in [2.24, 2.45) is 5.73 Å². The molecule has 1 heterocycles. The number of carbonyl (C=O) groups excluding carboxylic acids is 1. The van der Waals surface area contributed by atoms with E-state index in [9.17, 15) is 4.79 Å². The summed E-state index contributed by atoms with van der Waals surface area (Å²) in [6, 6.07) is 11.7. The average molecular weight is 273 g/mol. The highest BCUT2D eigenvalue weighted by atomic mass is 16.5. The van der Waals surface area contributed by atoms with Crippen LogP contribution in [0.4, 0.5) is 0 Å². The molecule has 1 aromatic heterocycles. The van der Waals surface area contributed by atoms with Crippen molar-refractivity contribution in [1.82, 2.24) is 4.68 Å². The Kier molecular flexibility index (Phi) is 4.30. The highest BCUT2D eigenvalue weighted by Crippen LogP contribution is 2.12. The van der Waals surface area contributed by atoms with E-state index in [2.05, 4.69) is 36.1 Å². The van der Waals surface area contributed by atoms with Gasteiger partial charge in [0.1, 0.15) is 5.75 Å². The number of nitrogens with two attached hydrogens (primary N) is 1. The van der Waals surface area contributed by atoms with Gasteiger partial charge < -0.3 is 15.9 Å². The van der Waals surface area contributed by atoms with Crippen molar-refractivity contribution in [2.75, 3.05) is 12.0 Å². The zero-order chi connectivity index (χ0) is 14.5. The molecule has 0 atom stereocenters. The van der Waals surface area contributed by atoms with Crippen molar-refractivity contribution in [3.63, 3.8) is 0 Å². The number of hydrogen-bond acceptors (Lipinski definition) is 3. The fourth-order valence-electron chi connectivity index (χ4n) is 1.95. The predicted octanol–water partition coefficient (Wildman–Crippen LogP) is 1.71. The van der Waals surface area contributed by atoms with Crippen LogP contribution in [-0.2, 0) is 11.3 Å². The van der Waals surface area contributed by atoms with Crippen LogP contribution in [0.25, 0.3) is 0 Å². The maximum absolute atomic E-state index is 10.6. The first-order valence-corrected chi connectivity index (χ1v) is 6.45. The molecule has 0 fully saturated rings. The lowest BCUT2D eigenvalue weighted by Gasteiger charge is -2.13. The van der Waals surface area contributed by atoms with Crippen LogP contribution in [-0.4, -0.2) is 17.2 Å². The van der Waals surface area contributed by atoms with E-state index in [0.29, 0.717) is 12.3 Å². The number of nitrogens with one attached hydrogen (secondary N) is 1. The van der Waals surface area contributed by atoms with E-state index in [4.69, 9.17) is 10.5 Å². The lowest BCUT2D eigenvalue weighted by Crippen LogP contribution is -2.20. The molecule has 20 heavy (non-hydrogen) atoms. The van der Waals surface area contributed by atoms with Crippen molar-refractivity contribution in [3.05, 3.63) is 53.3 Å². The van der Waals surface area contributed by atoms with Crippen LogP contribution in [0.5, 0.6) is 5.75 Å². The minimum Gasteiger partial charge on any atom is -0.484 e. The molecule has 1 amide bonds. The number of ether oxygens (including phenoxy) is 1. The molecule has 0 unspecified atom stereocenters. The largest absolute Gasteiger partial charge is 0.484 e. The SMILES string of the molecule is Cc1ccc(C)n1NCc1ccc(OCC(N)=O)cc1. The van der Waals surface area contributed by atoms with E-state index in [1.165, 1.54) is 11.4 Å². The van der Waals surface area contributed by atoms with Gasteiger partial charge in [0.25, 0.3) is 5.91 Å². The van der Waals surface area contributed by atoms with Crippen LogP contribution < -0.4 is 15.9 Å². The number of carbonyl (C=O) groups is 1. The van der Waals surface area contributed by atoms with Crippen molar-refractivity contribution in [2.45, 2.75) is 20.4 Å². The molecular weight excluding hydrogens is 254 g/mol. The third-order valence-electron chi connectivity index (χ3n) is 3.02. The molecule has 3 N–H and O–H groups in total. The molecule has 0 spiro atoms. The van der Waals surface area contributed by atoms with Crippen molar-refractivity contribution in [1.29, 1.82) is 0 Å². The number of nitrogens with zero attached hydrogens (tertiary/aromatic N) is 1. The molecule has 0 saturated heterocycles. The first-order chi connectivity index (χ1) is 9.56. The number of primary amides is 1. The van der Waals surface area contributed by atoms with E-state index in [0.717, 1.165) is 5.56 Å². The number of rotatable bonds is 6. The van der Waals surface area contributed by atoms with Gasteiger partial charge in [-0.05, 0) is 43.7 Å². The van der Waals surface area contributed by atoms with Gasteiger partial charge in [0, 0.05) is 11.4 Å². The molecule has 0 aliphatic rings. The summed E-state index contributed by atoms with van der Waals surface area (Å²) in [4.78, 5) is 10.6. The monoisotopic (exact) mass is 273 g/mol. The van der Waals surface area contributed by atoms with Crippen LogP contribution in [0, 0.1) is 13.8 Å².